The quantitative estimate of drug-likeness (QED) is 0.820. The van der Waals surface area contributed by atoms with E-state index in [-0.39, 0.29) is 12.0 Å². The Kier molecular flexibility index (Phi) is 2.14. The number of nitrogens with two attached hydrogens (primary N) is 1. The molecule has 5 heteroatoms. The van der Waals surface area contributed by atoms with E-state index in [0.29, 0.717) is 18.3 Å². The van der Waals surface area contributed by atoms with Crippen LogP contribution < -0.4 is 5.73 Å². The molecule has 0 amide bonds. The summed E-state index contributed by atoms with van der Waals surface area (Å²) in [5, 5.41) is 10.0. The lowest BCUT2D eigenvalue weighted by Gasteiger charge is -2.40. The van der Waals surface area contributed by atoms with Crippen molar-refractivity contribution in [1.29, 1.82) is 0 Å². The SMILES string of the molecule is Nc1nc2ccc(C3(CO)COC3)cc2s1. The zero-order chi connectivity index (χ0) is 11.2. The molecule has 0 bridgehead atoms. The van der Waals surface area contributed by atoms with Gasteiger partial charge in [-0.25, -0.2) is 4.98 Å². The van der Waals surface area contributed by atoms with Crippen LogP contribution in [0.15, 0.2) is 18.2 Å². The number of benzene rings is 1. The van der Waals surface area contributed by atoms with Gasteiger partial charge in [0.05, 0.1) is 35.5 Å². The van der Waals surface area contributed by atoms with Crippen molar-refractivity contribution in [2.45, 2.75) is 5.41 Å². The van der Waals surface area contributed by atoms with Gasteiger partial charge in [0, 0.05) is 0 Å². The van der Waals surface area contributed by atoms with E-state index >= 15 is 0 Å². The molecule has 1 aromatic heterocycles. The second-order valence-electron chi connectivity index (χ2n) is 4.17. The third kappa shape index (κ3) is 1.32. The summed E-state index contributed by atoms with van der Waals surface area (Å²) in [6, 6.07) is 6.01. The number of nitrogen functional groups attached to an aromatic ring is 1. The molecule has 3 N–H and O–H groups in total. The lowest BCUT2D eigenvalue weighted by Crippen LogP contribution is -2.49. The van der Waals surface area contributed by atoms with E-state index in [0.717, 1.165) is 15.8 Å². The van der Waals surface area contributed by atoms with Crippen LogP contribution in [0.2, 0.25) is 0 Å². The highest BCUT2D eigenvalue weighted by atomic mass is 32.1. The number of thiazole rings is 1. The van der Waals surface area contributed by atoms with Crippen molar-refractivity contribution >= 4 is 26.7 Å². The minimum atomic E-state index is -0.215. The summed E-state index contributed by atoms with van der Waals surface area (Å²) < 4.78 is 6.27. The maximum atomic E-state index is 9.45. The summed E-state index contributed by atoms with van der Waals surface area (Å²) >= 11 is 1.47. The van der Waals surface area contributed by atoms with E-state index in [2.05, 4.69) is 11.1 Å². The van der Waals surface area contributed by atoms with Crippen molar-refractivity contribution in [3.63, 3.8) is 0 Å². The second-order valence-corrected chi connectivity index (χ2v) is 5.23. The number of aromatic nitrogens is 1. The zero-order valence-electron chi connectivity index (χ0n) is 8.64. The first-order valence-corrected chi connectivity index (χ1v) is 5.90. The zero-order valence-corrected chi connectivity index (χ0v) is 9.46. The van der Waals surface area contributed by atoms with E-state index in [4.69, 9.17) is 10.5 Å². The van der Waals surface area contributed by atoms with Crippen LogP contribution in [0.4, 0.5) is 5.13 Å². The molecule has 2 aromatic rings. The second kappa shape index (κ2) is 3.41. The molecule has 1 aromatic carbocycles. The van der Waals surface area contributed by atoms with Crippen LogP contribution in [0.5, 0.6) is 0 Å². The number of hydrogen-bond acceptors (Lipinski definition) is 5. The molecule has 0 unspecified atom stereocenters. The number of aliphatic hydroxyl groups is 1. The van der Waals surface area contributed by atoms with Crippen molar-refractivity contribution in [2.24, 2.45) is 0 Å². The third-order valence-electron chi connectivity index (χ3n) is 3.08. The molecule has 1 aliphatic heterocycles. The van der Waals surface area contributed by atoms with Crippen molar-refractivity contribution in [3.05, 3.63) is 23.8 Å². The lowest BCUT2D eigenvalue weighted by atomic mass is 9.79. The van der Waals surface area contributed by atoms with Crippen molar-refractivity contribution < 1.29 is 9.84 Å². The number of nitrogens with zero attached hydrogens (tertiary/aromatic N) is 1. The summed E-state index contributed by atoms with van der Waals surface area (Å²) in [7, 11) is 0. The maximum Gasteiger partial charge on any atom is 0.181 e. The van der Waals surface area contributed by atoms with Gasteiger partial charge in [-0.1, -0.05) is 17.4 Å². The van der Waals surface area contributed by atoms with Gasteiger partial charge in [0.25, 0.3) is 0 Å². The number of rotatable bonds is 2. The molecule has 0 atom stereocenters. The predicted molar refractivity (Wildman–Crippen MR) is 63.6 cm³/mol. The van der Waals surface area contributed by atoms with E-state index in [1.807, 2.05) is 12.1 Å². The first-order valence-electron chi connectivity index (χ1n) is 5.09. The standard InChI is InChI=1S/C11H12N2O2S/c12-10-13-8-2-1-7(3-9(8)16-10)11(4-14)5-15-6-11/h1-3,14H,4-6H2,(H2,12,13). The van der Waals surface area contributed by atoms with Crippen LogP contribution in [0, 0.1) is 0 Å². The summed E-state index contributed by atoms with van der Waals surface area (Å²) in [6.07, 6.45) is 0. The number of fused-ring (bicyclic) bond motifs is 1. The molecule has 1 saturated heterocycles. The number of ether oxygens (including phenoxy) is 1. The predicted octanol–water partition coefficient (Wildman–Crippen LogP) is 1.14. The van der Waals surface area contributed by atoms with Gasteiger partial charge in [-0.15, -0.1) is 0 Å². The normalized spacial score (nSPS) is 18.6. The number of aliphatic hydroxyl groups excluding tert-OH is 1. The van der Waals surface area contributed by atoms with Gasteiger partial charge in [0.15, 0.2) is 5.13 Å². The molecule has 3 rings (SSSR count). The molecule has 84 valence electrons. The fraction of sp³-hybridized carbons (Fsp3) is 0.364. The monoisotopic (exact) mass is 236 g/mol. The topological polar surface area (TPSA) is 68.4 Å². The number of hydrogen-bond donors (Lipinski definition) is 2. The Bertz CT molecular complexity index is 528. The minimum Gasteiger partial charge on any atom is -0.395 e. The van der Waals surface area contributed by atoms with Crippen LogP contribution in [-0.4, -0.2) is 29.9 Å². The van der Waals surface area contributed by atoms with E-state index < -0.39 is 0 Å². The van der Waals surface area contributed by atoms with Gasteiger partial charge in [-0.3, -0.25) is 0 Å². The molecular formula is C11H12N2O2S. The molecule has 1 aliphatic rings. The average Bonchev–Trinajstić information content (AvgIpc) is 2.56. The van der Waals surface area contributed by atoms with Crippen molar-refractivity contribution in [2.75, 3.05) is 25.6 Å². The van der Waals surface area contributed by atoms with Gasteiger partial charge in [0.2, 0.25) is 0 Å². The Hall–Kier alpha value is -1.17. The molecule has 0 radical (unpaired) electrons. The molecule has 0 aliphatic carbocycles. The van der Waals surface area contributed by atoms with Crippen LogP contribution >= 0.6 is 11.3 Å². The van der Waals surface area contributed by atoms with Gasteiger partial charge < -0.3 is 15.6 Å². The number of anilines is 1. The Labute approximate surface area is 96.7 Å². The van der Waals surface area contributed by atoms with E-state index in [1.165, 1.54) is 11.3 Å². The van der Waals surface area contributed by atoms with Gasteiger partial charge >= 0.3 is 0 Å². The molecule has 16 heavy (non-hydrogen) atoms. The van der Waals surface area contributed by atoms with Crippen LogP contribution in [-0.2, 0) is 10.2 Å². The Morgan fingerprint density at radius 2 is 2.31 bits per heavy atom. The molecule has 1 fully saturated rings. The highest BCUT2D eigenvalue weighted by molar-refractivity contribution is 7.22. The van der Waals surface area contributed by atoms with Crippen molar-refractivity contribution in [3.8, 4) is 0 Å². The van der Waals surface area contributed by atoms with Crippen molar-refractivity contribution in [1.82, 2.24) is 4.98 Å². The summed E-state index contributed by atoms with van der Waals surface area (Å²) in [5.41, 5.74) is 7.47. The Balaban J connectivity index is 2.10. The Morgan fingerprint density at radius 1 is 1.50 bits per heavy atom. The summed E-state index contributed by atoms with van der Waals surface area (Å²) in [4.78, 5) is 4.21. The first-order chi connectivity index (χ1) is 7.73. The largest absolute Gasteiger partial charge is 0.395 e. The maximum absolute atomic E-state index is 9.45. The summed E-state index contributed by atoms with van der Waals surface area (Å²) in [6.45, 7) is 1.29. The van der Waals surface area contributed by atoms with E-state index in [1.54, 1.807) is 0 Å². The van der Waals surface area contributed by atoms with Gasteiger partial charge in [0.1, 0.15) is 0 Å². The van der Waals surface area contributed by atoms with Crippen LogP contribution in [0.3, 0.4) is 0 Å². The van der Waals surface area contributed by atoms with Gasteiger partial charge in [-0.05, 0) is 17.7 Å². The first kappa shape index (κ1) is 10.0. The van der Waals surface area contributed by atoms with Gasteiger partial charge in [-0.2, -0.15) is 0 Å². The third-order valence-corrected chi connectivity index (χ3v) is 3.92. The van der Waals surface area contributed by atoms with Crippen LogP contribution in [0.1, 0.15) is 5.56 Å². The highest BCUT2D eigenvalue weighted by Gasteiger charge is 2.39. The lowest BCUT2D eigenvalue weighted by molar-refractivity contribution is -0.0840. The fourth-order valence-electron chi connectivity index (χ4n) is 1.97. The molecular weight excluding hydrogens is 224 g/mol. The fourth-order valence-corrected chi connectivity index (χ4v) is 2.74. The molecule has 4 nitrogen and oxygen atoms in total. The average molecular weight is 236 g/mol. The smallest absolute Gasteiger partial charge is 0.181 e. The molecule has 0 spiro atoms. The highest BCUT2D eigenvalue weighted by Crippen LogP contribution is 2.35. The molecule has 2 heterocycles. The summed E-state index contributed by atoms with van der Waals surface area (Å²) in [5.74, 6) is 0. The van der Waals surface area contributed by atoms with E-state index in [9.17, 15) is 5.11 Å². The minimum absolute atomic E-state index is 0.118. The van der Waals surface area contributed by atoms with Crippen LogP contribution in [0.25, 0.3) is 10.2 Å². The Morgan fingerprint density at radius 3 is 2.94 bits per heavy atom. The molecule has 0 saturated carbocycles.